The third-order valence-corrected chi connectivity index (χ3v) is 9.65. The first-order chi connectivity index (χ1) is 21.7. The molecule has 1 aliphatic carbocycles. The molecule has 11 heteroatoms. The maximum absolute atomic E-state index is 13.7. The van der Waals surface area contributed by atoms with E-state index in [1.54, 1.807) is 30.1 Å². The molecule has 0 spiro atoms. The van der Waals surface area contributed by atoms with Crippen molar-refractivity contribution in [2.75, 3.05) is 17.3 Å². The number of carbonyl (C=O) groups is 3. The lowest BCUT2D eigenvalue weighted by Gasteiger charge is -2.34. The Morgan fingerprint density at radius 1 is 1.02 bits per heavy atom. The van der Waals surface area contributed by atoms with Gasteiger partial charge in [-0.25, -0.2) is 4.98 Å². The maximum Gasteiger partial charge on any atom is 0.251 e. The van der Waals surface area contributed by atoms with Crippen LogP contribution >= 0.6 is 34.7 Å². The Morgan fingerprint density at radius 3 is 2.49 bits per heavy atom. The Bertz CT molecular complexity index is 1390. The zero-order chi connectivity index (χ0) is 32.2. The normalized spacial score (nSPS) is 17.7. The van der Waals surface area contributed by atoms with Gasteiger partial charge in [0.1, 0.15) is 12.1 Å². The highest BCUT2D eigenvalue weighted by atomic mass is 35.5. The molecule has 1 fully saturated rings. The summed E-state index contributed by atoms with van der Waals surface area (Å²) < 4.78 is 0. The first-order valence-corrected chi connectivity index (χ1v) is 18.3. The van der Waals surface area contributed by atoms with Gasteiger partial charge in [0.2, 0.25) is 11.8 Å². The van der Waals surface area contributed by atoms with Gasteiger partial charge in [-0.2, -0.15) is 11.8 Å². The van der Waals surface area contributed by atoms with Gasteiger partial charge in [0.25, 0.3) is 5.91 Å². The van der Waals surface area contributed by atoms with Crippen LogP contribution in [0.3, 0.4) is 0 Å². The molecule has 8 nitrogen and oxygen atoms in total. The summed E-state index contributed by atoms with van der Waals surface area (Å²) in [5, 5.41) is 15.9. The van der Waals surface area contributed by atoms with Crippen LogP contribution < -0.4 is 21.3 Å². The Balaban J connectivity index is 1.40. The second-order valence-corrected chi connectivity index (χ2v) is 14.3. The minimum Gasteiger partial charge on any atom is -0.357 e. The fourth-order valence-electron chi connectivity index (χ4n) is 5.71. The number of nitrogens with zero attached hydrogens (tertiary/aromatic N) is 1. The third kappa shape index (κ3) is 10.8. The number of rotatable bonds is 15. The molecule has 3 amide bonds. The number of carbonyl (C=O) groups excluding carboxylic acids is 3. The lowest BCUT2D eigenvalue weighted by Crippen LogP contribution is -2.56. The molecule has 4 rings (SSSR count). The molecule has 4 N–H and O–H groups in total. The number of thiazole rings is 1. The van der Waals surface area contributed by atoms with Crippen molar-refractivity contribution in [1.29, 1.82) is 0 Å². The van der Waals surface area contributed by atoms with E-state index in [9.17, 15) is 14.4 Å². The summed E-state index contributed by atoms with van der Waals surface area (Å²) in [6, 6.07) is 13.6. The number of nitrogens with one attached hydrogen (secondary N) is 4. The van der Waals surface area contributed by atoms with Crippen molar-refractivity contribution < 1.29 is 14.4 Å². The van der Waals surface area contributed by atoms with Gasteiger partial charge in [0.15, 0.2) is 5.13 Å². The monoisotopic (exact) mass is 669 g/mol. The van der Waals surface area contributed by atoms with Crippen molar-refractivity contribution in [1.82, 2.24) is 20.9 Å². The van der Waals surface area contributed by atoms with Crippen LogP contribution in [0.4, 0.5) is 5.13 Å². The highest BCUT2D eigenvalue weighted by Gasteiger charge is 2.32. The number of benzene rings is 2. The maximum atomic E-state index is 13.7. The smallest absolute Gasteiger partial charge is 0.251 e. The topological polar surface area (TPSA) is 112 Å². The van der Waals surface area contributed by atoms with Gasteiger partial charge in [-0.15, -0.1) is 11.3 Å². The van der Waals surface area contributed by atoms with E-state index in [2.05, 4.69) is 32.3 Å². The molecule has 0 aliphatic heterocycles. The molecule has 4 atom stereocenters. The Kier molecular flexibility index (Phi) is 13.6. The highest BCUT2D eigenvalue weighted by Crippen LogP contribution is 2.34. The molecule has 3 aromatic rings. The van der Waals surface area contributed by atoms with Gasteiger partial charge >= 0.3 is 0 Å². The predicted octanol–water partition coefficient (Wildman–Crippen LogP) is 6.63. The minimum atomic E-state index is -0.771. The second kappa shape index (κ2) is 17.6. The number of halogens is 1. The predicted molar refractivity (Wildman–Crippen MR) is 186 cm³/mol. The van der Waals surface area contributed by atoms with Crippen LogP contribution in [0.1, 0.15) is 79.8 Å². The van der Waals surface area contributed by atoms with Gasteiger partial charge < -0.3 is 21.3 Å². The van der Waals surface area contributed by atoms with Crippen LogP contribution in [-0.4, -0.2) is 52.8 Å². The average Bonchev–Trinajstić information content (AvgIpc) is 3.56. The molecule has 242 valence electrons. The summed E-state index contributed by atoms with van der Waals surface area (Å²) in [6.07, 6.45) is 8.63. The summed E-state index contributed by atoms with van der Waals surface area (Å²) in [5.74, 6) is 0.167. The van der Waals surface area contributed by atoms with Crippen molar-refractivity contribution in [3.63, 3.8) is 0 Å². The summed E-state index contributed by atoms with van der Waals surface area (Å²) in [7, 11) is 0. The molecule has 2 aromatic carbocycles. The number of anilines is 1. The molecule has 45 heavy (non-hydrogen) atoms. The van der Waals surface area contributed by atoms with Crippen LogP contribution in [-0.2, 0) is 16.1 Å². The molecule has 1 heterocycles. The zero-order valence-electron chi connectivity index (χ0n) is 26.2. The van der Waals surface area contributed by atoms with E-state index < -0.39 is 12.1 Å². The molecule has 0 unspecified atom stereocenters. The molecule has 0 bridgehead atoms. The van der Waals surface area contributed by atoms with Gasteiger partial charge in [-0.1, -0.05) is 62.6 Å². The van der Waals surface area contributed by atoms with Crippen LogP contribution in [0.15, 0.2) is 60.1 Å². The van der Waals surface area contributed by atoms with Crippen LogP contribution in [0.25, 0.3) is 0 Å². The minimum absolute atomic E-state index is 0.0389. The summed E-state index contributed by atoms with van der Waals surface area (Å²) in [6.45, 7) is 4.66. The van der Waals surface area contributed by atoms with Crippen LogP contribution in [0, 0.1) is 5.92 Å². The van der Waals surface area contributed by atoms with Crippen molar-refractivity contribution in [3.8, 4) is 0 Å². The van der Waals surface area contributed by atoms with Crippen molar-refractivity contribution in [2.45, 2.75) is 83.0 Å². The third-order valence-electron chi connectivity index (χ3n) is 8.04. The van der Waals surface area contributed by atoms with E-state index in [0.29, 0.717) is 35.7 Å². The van der Waals surface area contributed by atoms with Crippen molar-refractivity contribution >= 4 is 57.6 Å². The molecular formula is C34H44ClN5O3S2. The highest BCUT2D eigenvalue weighted by molar-refractivity contribution is 7.98. The quantitative estimate of drug-likeness (QED) is 0.145. The van der Waals surface area contributed by atoms with Crippen molar-refractivity contribution in [2.24, 2.45) is 5.92 Å². The largest absolute Gasteiger partial charge is 0.357 e. The number of aromatic nitrogens is 1. The molecule has 1 aliphatic rings. The number of hydrogen-bond acceptors (Lipinski definition) is 7. The van der Waals surface area contributed by atoms with E-state index in [1.165, 1.54) is 11.3 Å². The Morgan fingerprint density at radius 2 is 1.80 bits per heavy atom. The standard InChI is InChI=1S/C34H44ClN5O3S2/c1-22(2)19-30(33(43)38-28-10-5-4-9-27(28)25-7-6-8-26(35)20-25)40-32(42)29(15-17-44-3)39-31(41)24-13-11-23(12-14-24)21-37-34-36-16-18-45-34/h6-8,11-14,16,18,20,22,27-30H,4-5,9-10,15,17,19,21H2,1-3H3,(H,36,37)(H,38,43)(H,39,41)(H,40,42)/t27-,28+,29-,30-/m0/s1. The van der Waals surface area contributed by atoms with Gasteiger partial charge in [-0.3, -0.25) is 14.4 Å². The lowest BCUT2D eigenvalue weighted by atomic mass is 9.80. The molecule has 0 saturated heterocycles. The van der Waals surface area contributed by atoms with E-state index >= 15 is 0 Å². The molecule has 0 radical (unpaired) electrons. The Hall–Kier alpha value is -3.08. The van der Waals surface area contributed by atoms with E-state index in [1.807, 2.05) is 55.8 Å². The van der Waals surface area contributed by atoms with Gasteiger partial charge in [0.05, 0.1) is 0 Å². The summed E-state index contributed by atoms with van der Waals surface area (Å²) in [4.78, 5) is 44.8. The second-order valence-electron chi connectivity index (χ2n) is 11.9. The van der Waals surface area contributed by atoms with Crippen LogP contribution in [0.2, 0.25) is 5.02 Å². The SMILES string of the molecule is CSCC[C@H](NC(=O)c1ccc(CNc2nccs2)cc1)C(=O)N[C@@H](CC(C)C)C(=O)N[C@@H]1CCCC[C@H]1c1cccc(Cl)c1. The van der Waals surface area contributed by atoms with E-state index in [-0.39, 0.29) is 35.6 Å². The number of thioether (sulfide) groups is 1. The zero-order valence-corrected chi connectivity index (χ0v) is 28.6. The number of amides is 3. The molecular weight excluding hydrogens is 626 g/mol. The van der Waals surface area contributed by atoms with Gasteiger partial charge in [-0.05, 0) is 79.0 Å². The average molecular weight is 670 g/mol. The summed E-state index contributed by atoms with van der Waals surface area (Å²) >= 11 is 9.42. The fourth-order valence-corrected chi connectivity index (χ4v) is 6.90. The van der Waals surface area contributed by atoms with Crippen molar-refractivity contribution in [3.05, 3.63) is 81.8 Å². The summed E-state index contributed by atoms with van der Waals surface area (Å²) in [5.41, 5.74) is 2.60. The first kappa shape index (κ1) is 34.8. The molecule has 1 aromatic heterocycles. The van der Waals surface area contributed by atoms with Crippen LogP contribution in [0.5, 0.6) is 0 Å². The van der Waals surface area contributed by atoms with E-state index in [4.69, 9.17) is 11.6 Å². The molecule has 1 saturated carbocycles. The fraction of sp³-hybridized carbons (Fsp3) is 0.471. The first-order valence-electron chi connectivity index (χ1n) is 15.6. The Labute approximate surface area is 279 Å². The van der Waals surface area contributed by atoms with E-state index in [0.717, 1.165) is 41.9 Å². The lowest BCUT2D eigenvalue weighted by molar-refractivity contribution is -0.130. The van der Waals surface area contributed by atoms with Gasteiger partial charge in [0, 0.05) is 40.7 Å². The number of hydrogen-bond donors (Lipinski definition) is 4.